The minimum atomic E-state index is -0.388. The van der Waals surface area contributed by atoms with Crippen molar-refractivity contribution in [1.82, 2.24) is 0 Å². The molecule has 0 nitrogen and oxygen atoms in total. The minimum Gasteiger partial charge on any atom is -0.246 e. The first-order valence-corrected chi connectivity index (χ1v) is 12.0. The molecular formula is C28H37F. The second kappa shape index (κ2) is 9.92. The van der Waals surface area contributed by atoms with Crippen LogP contribution in [0.25, 0.3) is 11.1 Å². The first-order chi connectivity index (χ1) is 14.2. The Morgan fingerprint density at radius 2 is 1.14 bits per heavy atom. The maximum absolute atomic E-state index is 12.7. The highest BCUT2D eigenvalue weighted by atomic mass is 19.1. The standard InChI is InChI=1S/C28H37F/c1-21-2-12-25(13-3-21)26-14-6-22(7-15-26)4-5-23-8-16-27(17-9-23)28-18-10-24(20-29)11-19-28/h8-11,16-19,21-22,25-26H,2-7,12-15,20H2,1H3. The third-order valence-electron chi connectivity index (χ3n) is 7.86. The van der Waals surface area contributed by atoms with Crippen LogP contribution in [0.2, 0.25) is 0 Å². The van der Waals surface area contributed by atoms with Crippen molar-refractivity contribution in [2.24, 2.45) is 23.7 Å². The van der Waals surface area contributed by atoms with E-state index < -0.39 is 0 Å². The molecular weight excluding hydrogens is 355 g/mol. The highest BCUT2D eigenvalue weighted by Gasteiger charge is 2.29. The number of hydrogen-bond donors (Lipinski definition) is 0. The van der Waals surface area contributed by atoms with E-state index in [0.29, 0.717) is 0 Å². The van der Waals surface area contributed by atoms with Crippen molar-refractivity contribution in [1.29, 1.82) is 0 Å². The maximum atomic E-state index is 12.7. The van der Waals surface area contributed by atoms with Gasteiger partial charge in [-0.05, 0) is 84.5 Å². The third kappa shape index (κ3) is 5.50. The molecule has 2 aromatic rings. The number of aryl methyl sites for hydroxylation is 1. The lowest BCUT2D eigenvalue weighted by molar-refractivity contribution is 0.148. The Bertz CT molecular complexity index is 729. The molecule has 0 aliphatic heterocycles. The average molecular weight is 393 g/mol. The van der Waals surface area contributed by atoms with E-state index >= 15 is 0 Å². The normalized spacial score (nSPS) is 27.7. The summed E-state index contributed by atoms with van der Waals surface area (Å²) in [5, 5.41) is 0. The maximum Gasteiger partial charge on any atom is 0.115 e. The molecule has 156 valence electrons. The largest absolute Gasteiger partial charge is 0.246 e. The topological polar surface area (TPSA) is 0 Å². The molecule has 0 N–H and O–H groups in total. The molecule has 0 saturated heterocycles. The summed E-state index contributed by atoms with van der Waals surface area (Å²) in [6, 6.07) is 16.8. The third-order valence-corrected chi connectivity index (χ3v) is 7.86. The first-order valence-electron chi connectivity index (χ1n) is 12.0. The lowest BCUT2D eigenvalue weighted by Gasteiger charge is -2.37. The molecule has 0 atom stereocenters. The van der Waals surface area contributed by atoms with Gasteiger partial charge in [-0.2, -0.15) is 0 Å². The van der Waals surface area contributed by atoms with Gasteiger partial charge in [-0.3, -0.25) is 0 Å². The predicted octanol–water partition coefficient (Wildman–Crippen LogP) is 8.39. The molecule has 0 amide bonds. The summed E-state index contributed by atoms with van der Waals surface area (Å²) in [6.45, 7) is 2.04. The Kier molecular flexibility index (Phi) is 7.06. The van der Waals surface area contributed by atoms with Crippen molar-refractivity contribution >= 4 is 0 Å². The van der Waals surface area contributed by atoms with E-state index in [0.717, 1.165) is 29.2 Å². The molecule has 0 bridgehead atoms. The summed E-state index contributed by atoms with van der Waals surface area (Å²) < 4.78 is 12.7. The van der Waals surface area contributed by atoms with Gasteiger partial charge in [0.05, 0.1) is 0 Å². The summed E-state index contributed by atoms with van der Waals surface area (Å²) in [6.07, 6.45) is 14.4. The van der Waals surface area contributed by atoms with Crippen LogP contribution >= 0.6 is 0 Å². The molecule has 0 heterocycles. The van der Waals surface area contributed by atoms with Crippen LogP contribution in [0.4, 0.5) is 4.39 Å². The Hall–Kier alpha value is -1.63. The van der Waals surface area contributed by atoms with Gasteiger partial charge in [0.2, 0.25) is 0 Å². The lowest BCUT2D eigenvalue weighted by atomic mass is 9.69. The Morgan fingerprint density at radius 1 is 0.655 bits per heavy atom. The van der Waals surface area contributed by atoms with E-state index in [-0.39, 0.29) is 6.67 Å². The van der Waals surface area contributed by atoms with Crippen LogP contribution in [0.1, 0.15) is 75.8 Å². The van der Waals surface area contributed by atoms with Crippen LogP contribution in [0, 0.1) is 23.7 Å². The van der Waals surface area contributed by atoms with Crippen molar-refractivity contribution in [3.05, 3.63) is 59.7 Å². The van der Waals surface area contributed by atoms with Crippen LogP contribution in [0.15, 0.2) is 48.5 Å². The summed E-state index contributed by atoms with van der Waals surface area (Å²) in [7, 11) is 0. The van der Waals surface area contributed by atoms with E-state index in [1.807, 2.05) is 24.3 Å². The van der Waals surface area contributed by atoms with Crippen molar-refractivity contribution < 1.29 is 4.39 Å². The second-order valence-corrected chi connectivity index (χ2v) is 9.87. The van der Waals surface area contributed by atoms with Gasteiger partial charge in [-0.15, -0.1) is 0 Å². The van der Waals surface area contributed by atoms with Crippen LogP contribution in [0.3, 0.4) is 0 Å². The van der Waals surface area contributed by atoms with Gasteiger partial charge in [0.25, 0.3) is 0 Å². The van der Waals surface area contributed by atoms with Crippen LogP contribution in [-0.2, 0) is 13.1 Å². The molecule has 0 spiro atoms. The molecule has 2 saturated carbocycles. The van der Waals surface area contributed by atoms with Crippen LogP contribution < -0.4 is 0 Å². The fraction of sp³-hybridized carbons (Fsp3) is 0.571. The number of alkyl halides is 1. The molecule has 1 heteroatoms. The van der Waals surface area contributed by atoms with E-state index in [1.54, 1.807) is 0 Å². The lowest BCUT2D eigenvalue weighted by Crippen LogP contribution is -2.25. The van der Waals surface area contributed by atoms with Crippen molar-refractivity contribution in [2.45, 2.75) is 77.8 Å². The Labute approximate surface area is 176 Å². The zero-order valence-electron chi connectivity index (χ0n) is 18.1. The number of halogens is 1. The smallest absolute Gasteiger partial charge is 0.115 e. The minimum absolute atomic E-state index is 0.388. The Balaban J connectivity index is 1.22. The second-order valence-electron chi connectivity index (χ2n) is 9.87. The van der Waals surface area contributed by atoms with E-state index in [4.69, 9.17) is 0 Å². The molecule has 0 aromatic heterocycles. The van der Waals surface area contributed by atoms with E-state index in [1.165, 1.54) is 80.9 Å². The first kappa shape index (κ1) is 20.6. The Morgan fingerprint density at radius 3 is 1.66 bits per heavy atom. The zero-order valence-corrected chi connectivity index (χ0v) is 18.1. The zero-order chi connectivity index (χ0) is 20.1. The number of benzene rings is 2. The molecule has 0 radical (unpaired) electrons. The van der Waals surface area contributed by atoms with E-state index in [9.17, 15) is 4.39 Å². The number of hydrogen-bond acceptors (Lipinski definition) is 0. The van der Waals surface area contributed by atoms with Crippen molar-refractivity contribution in [3.8, 4) is 11.1 Å². The monoisotopic (exact) mass is 392 g/mol. The summed E-state index contributed by atoms with van der Waals surface area (Å²) in [4.78, 5) is 0. The average Bonchev–Trinajstić information content (AvgIpc) is 2.79. The fourth-order valence-corrected chi connectivity index (χ4v) is 5.73. The number of rotatable bonds is 6. The molecule has 2 fully saturated rings. The SMILES string of the molecule is CC1CCC(C2CCC(CCc3ccc(-c4ccc(CF)cc4)cc3)CC2)CC1. The predicted molar refractivity (Wildman–Crippen MR) is 122 cm³/mol. The molecule has 4 rings (SSSR count). The summed E-state index contributed by atoms with van der Waals surface area (Å²) >= 11 is 0. The van der Waals surface area contributed by atoms with Crippen LogP contribution in [-0.4, -0.2) is 0 Å². The van der Waals surface area contributed by atoms with Crippen molar-refractivity contribution in [3.63, 3.8) is 0 Å². The van der Waals surface area contributed by atoms with Gasteiger partial charge in [0.1, 0.15) is 6.67 Å². The highest BCUT2D eigenvalue weighted by molar-refractivity contribution is 5.63. The highest BCUT2D eigenvalue weighted by Crippen LogP contribution is 2.42. The van der Waals surface area contributed by atoms with Crippen LogP contribution in [0.5, 0.6) is 0 Å². The summed E-state index contributed by atoms with van der Waals surface area (Å²) in [5.41, 5.74) is 4.60. The quantitative estimate of drug-likeness (QED) is 0.463. The van der Waals surface area contributed by atoms with Gasteiger partial charge in [-0.25, -0.2) is 4.39 Å². The fourth-order valence-electron chi connectivity index (χ4n) is 5.73. The summed E-state index contributed by atoms with van der Waals surface area (Å²) in [5.74, 6) is 3.98. The van der Waals surface area contributed by atoms with Gasteiger partial charge < -0.3 is 0 Å². The molecule has 2 aromatic carbocycles. The van der Waals surface area contributed by atoms with Gasteiger partial charge in [0.15, 0.2) is 0 Å². The van der Waals surface area contributed by atoms with Crippen molar-refractivity contribution in [2.75, 3.05) is 0 Å². The van der Waals surface area contributed by atoms with E-state index in [2.05, 4.69) is 31.2 Å². The van der Waals surface area contributed by atoms with Gasteiger partial charge >= 0.3 is 0 Å². The van der Waals surface area contributed by atoms with Gasteiger partial charge in [-0.1, -0.05) is 81.1 Å². The molecule has 0 unspecified atom stereocenters. The molecule has 2 aliphatic carbocycles. The van der Waals surface area contributed by atoms with Gasteiger partial charge in [0, 0.05) is 0 Å². The molecule has 2 aliphatic rings. The molecule has 29 heavy (non-hydrogen) atoms.